The Morgan fingerprint density at radius 2 is 2.44 bits per heavy atom. The zero-order chi connectivity index (χ0) is 10.7. The summed E-state index contributed by atoms with van der Waals surface area (Å²) >= 11 is 1.78. The molecule has 0 radical (unpaired) electrons. The third kappa shape index (κ3) is 3.35. The molecule has 0 amide bonds. The zero-order valence-corrected chi connectivity index (χ0v) is 11.4. The minimum absolute atomic E-state index is 0. The number of piperazine rings is 1. The molecule has 1 fully saturated rings. The maximum Gasteiger partial charge on any atom is 0.134 e. The summed E-state index contributed by atoms with van der Waals surface area (Å²) in [6.45, 7) is 6.60. The average molecular weight is 263 g/mol. The monoisotopic (exact) mass is 262 g/mol. The Kier molecular flexibility index (Phi) is 5.55. The lowest BCUT2D eigenvalue weighted by Crippen LogP contribution is -2.48. The lowest BCUT2D eigenvalue weighted by Gasteiger charge is -2.31. The molecule has 1 aromatic rings. The van der Waals surface area contributed by atoms with Crippen molar-refractivity contribution < 1.29 is 4.74 Å². The van der Waals surface area contributed by atoms with Gasteiger partial charge in [0, 0.05) is 32.2 Å². The number of methoxy groups -OCH3 is 1. The van der Waals surface area contributed by atoms with Crippen LogP contribution in [-0.4, -0.2) is 37.7 Å². The quantitative estimate of drug-likeness (QED) is 0.902. The van der Waals surface area contributed by atoms with E-state index in [2.05, 4.69) is 22.5 Å². The average Bonchev–Trinajstić information content (AvgIpc) is 2.65. The second kappa shape index (κ2) is 6.45. The highest BCUT2D eigenvalue weighted by Gasteiger charge is 2.17. The maximum absolute atomic E-state index is 5.32. The van der Waals surface area contributed by atoms with Crippen LogP contribution in [0.4, 0.5) is 0 Å². The van der Waals surface area contributed by atoms with Crippen LogP contribution >= 0.6 is 23.7 Å². The number of thiophene rings is 1. The Balaban J connectivity index is 0.00000128. The van der Waals surface area contributed by atoms with Crippen LogP contribution in [0.25, 0.3) is 0 Å². The minimum atomic E-state index is 0. The van der Waals surface area contributed by atoms with Crippen molar-refractivity contribution in [2.75, 3.05) is 26.7 Å². The molecule has 16 heavy (non-hydrogen) atoms. The first-order valence-corrected chi connectivity index (χ1v) is 6.23. The van der Waals surface area contributed by atoms with Crippen molar-refractivity contribution in [3.05, 3.63) is 16.3 Å². The van der Waals surface area contributed by atoms with E-state index in [4.69, 9.17) is 4.74 Å². The molecule has 3 nitrogen and oxygen atoms in total. The van der Waals surface area contributed by atoms with Crippen molar-refractivity contribution >= 4 is 23.7 Å². The normalized spacial score (nSPS) is 21.5. The molecule has 0 saturated carbocycles. The summed E-state index contributed by atoms with van der Waals surface area (Å²) in [6.07, 6.45) is 0. The van der Waals surface area contributed by atoms with E-state index in [-0.39, 0.29) is 12.4 Å². The van der Waals surface area contributed by atoms with Crippen molar-refractivity contribution in [2.24, 2.45) is 0 Å². The molecule has 1 unspecified atom stereocenters. The predicted molar refractivity (Wildman–Crippen MR) is 70.9 cm³/mol. The fourth-order valence-electron chi connectivity index (χ4n) is 1.98. The highest BCUT2D eigenvalue weighted by atomic mass is 35.5. The van der Waals surface area contributed by atoms with Gasteiger partial charge >= 0.3 is 0 Å². The highest BCUT2D eigenvalue weighted by Crippen LogP contribution is 2.26. The van der Waals surface area contributed by atoms with Gasteiger partial charge in [-0.2, -0.15) is 0 Å². The summed E-state index contributed by atoms with van der Waals surface area (Å²) in [5, 5.41) is 5.55. The highest BCUT2D eigenvalue weighted by molar-refractivity contribution is 7.10. The number of ether oxygens (including phenoxy) is 1. The van der Waals surface area contributed by atoms with Crippen molar-refractivity contribution in [1.82, 2.24) is 10.2 Å². The fourth-order valence-corrected chi connectivity index (χ4v) is 2.87. The summed E-state index contributed by atoms with van der Waals surface area (Å²) in [7, 11) is 1.74. The third-order valence-electron chi connectivity index (χ3n) is 2.74. The van der Waals surface area contributed by atoms with E-state index in [9.17, 15) is 0 Å². The zero-order valence-electron chi connectivity index (χ0n) is 9.73. The van der Waals surface area contributed by atoms with Crippen molar-refractivity contribution in [2.45, 2.75) is 19.5 Å². The summed E-state index contributed by atoms with van der Waals surface area (Å²) in [5.74, 6) is 1.03. The topological polar surface area (TPSA) is 24.5 Å². The Labute approximate surface area is 107 Å². The first kappa shape index (κ1) is 13.8. The number of nitrogens with one attached hydrogen (secondary N) is 1. The molecule has 1 aromatic heterocycles. The molecule has 92 valence electrons. The van der Waals surface area contributed by atoms with E-state index < -0.39 is 0 Å². The van der Waals surface area contributed by atoms with Crippen LogP contribution in [0.3, 0.4) is 0 Å². The molecular formula is C11H19ClN2OS. The predicted octanol–water partition coefficient (Wildman–Crippen LogP) is 1.97. The van der Waals surface area contributed by atoms with E-state index in [0.717, 1.165) is 31.9 Å². The summed E-state index contributed by atoms with van der Waals surface area (Å²) < 4.78 is 5.32. The molecular weight excluding hydrogens is 244 g/mol. The number of nitrogens with zero attached hydrogens (tertiary/aromatic N) is 1. The first-order valence-electron chi connectivity index (χ1n) is 5.35. The molecule has 5 heteroatoms. The smallest absolute Gasteiger partial charge is 0.134 e. The second-order valence-electron chi connectivity index (χ2n) is 4.00. The van der Waals surface area contributed by atoms with Crippen LogP contribution in [0.1, 0.15) is 11.8 Å². The summed E-state index contributed by atoms with van der Waals surface area (Å²) in [4.78, 5) is 3.82. The lowest BCUT2D eigenvalue weighted by atomic mass is 10.2. The van der Waals surface area contributed by atoms with E-state index in [1.165, 1.54) is 4.88 Å². The number of hydrogen-bond donors (Lipinski definition) is 1. The Morgan fingerprint density at radius 3 is 3.12 bits per heavy atom. The van der Waals surface area contributed by atoms with Gasteiger partial charge in [0.2, 0.25) is 0 Å². The lowest BCUT2D eigenvalue weighted by molar-refractivity contribution is 0.199. The number of hydrogen-bond acceptors (Lipinski definition) is 4. The van der Waals surface area contributed by atoms with Crippen molar-refractivity contribution in [1.29, 1.82) is 0 Å². The van der Waals surface area contributed by atoms with Crippen LogP contribution in [0.15, 0.2) is 11.4 Å². The Morgan fingerprint density at radius 1 is 1.62 bits per heavy atom. The van der Waals surface area contributed by atoms with Gasteiger partial charge < -0.3 is 10.1 Å². The molecule has 0 aliphatic carbocycles. The third-order valence-corrected chi connectivity index (χ3v) is 3.63. The summed E-state index contributed by atoms with van der Waals surface area (Å²) in [5.41, 5.74) is 0. The molecule has 1 saturated heterocycles. The van der Waals surface area contributed by atoms with Crippen molar-refractivity contribution in [3.8, 4) is 5.75 Å². The molecule has 2 rings (SSSR count). The van der Waals surface area contributed by atoms with Crippen LogP contribution in [-0.2, 0) is 6.54 Å². The number of rotatable bonds is 3. The first-order chi connectivity index (χ1) is 7.29. The van der Waals surface area contributed by atoms with E-state index >= 15 is 0 Å². The van der Waals surface area contributed by atoms with E-state index in [1.54, 1.807) is 18.4 Å². The molecule has 1 atom stereocenters. The van der Waals surface area contributed by atoms with Gasteiger partial charge in [-0.05, 0) is 18.4 Å². The Hall–Kier alpha value is -0.290. The largest absolute Gasteiger partial charge is 0.496 e. The van der Waals surface area contributed by atoms with Gasteiger partial charge in [0.1, 0.15) is 5.75 Å². The SMILES string of the molecule is COc1ccsc1CN1CCNC(C)C1.Cl. The van der Waals surface area contributed by atoms with E-state index in [1.807, 2.05) is 6.07 Å². The molecule has 0 spiro atoms. The van der Waals surface area contributed by atoms with Gasteiger partial charge in [0.15, 0.2) is 0 Å². The molecule has 0 bridgehead atoms. The van der Waals surface area contributed by atoms with Gasteiger partial charge in [-0.25, -0.2) is 0 Å². The Bertz CT molecular complexity index is 319. The van der Waals surface area contributed by atoms with Gasteiger partial charge in [-0.15, -0.1) is 23.7 Å². The fraction of sp³-hybridized carbons (Fsp3) is 0.636. The van der Waals surface area contributed by atoms with Gasteiger partial charge in [-0.1, -0.05) is 0 Å². The molecule has 0 aromatic carbocycles. The van der Waals surface area contributed by atoms with Gasteiger partial charge in [0.25, 0.3) is 0 Å². The van der Waals surface area contributed by atoms with Crippen LogP contribution in [0, 0.1) is 0 Å². The molecule has 1 aliphatic rings. The van der Waals surface area contributed by atoms with Crippen molar-refractivity contribution in [3.63, 3.8) is 0 Å². The van der Waals surface area contributed by atoms with Crippen LogP contribution in [0.2, 0.25) is 0 Å². The van der Waals surface area contributed by atoms with Crippen LogP contribution < -0.4 is 10.1 Å². The molecule has 2 heterocycles. The number of halogens is 1. The van der Waals surface area contributed by atoms with Crippen LogP contribution in [0.5, 0.6) is 5.75 Å². The molecule has 1 aliphatic heterocycles. The molecule has 1 N–H and O–H groups in total. The minimum Gasteiger partial charge on any atom is -0.496 e. The standard InChI is InChI=1S/C11H18N2OS.ClH/c1-9-7-13(5-4-12-9)8-11-10(14-2)3-6-15-11;/h3,6,9,12H,4-5,7-8H2,1-2H3;1H. The van der Waals surface area contributed by atoms with Gasteiger partial charge in [0.05, 0.1) is 12.0 Å². The second-order valence-corrected chi connectivity index (χ2v) is 5.00. The van der Waals surface area contributed by atoms with E-state index in [0.29, 0.717) is 6.04 Å². The summed E-state index contributed by atoms with van der Waals surface area (Å²) in [6, 6.07) is 2.65. The van der Waals surface area contributed by atoms with Gasteiger partial charge in [-0.3, -0.25) is 4.90 Å². The maximum atomic E-state index is 5.32.